The summed E-state index contributed by atoms with van der Waals surface area (Å²) in [4.78, 5) is 14.5. The first-order valence-corrected chi connectivity index (χ1v) is 4.05. The minimum Gasteiger partial charge on any atom is -0.477 e. The fourth-order valence-corrected chi connectivity index (χ4v) is 1.36. The van der Waals surface area contributed by atoms with Gasteiger partial charge in [-0.3, -0.25) is 0 Å². The molecule has 0 aliphatic carbocycles. The molecule has 0 saturated carbocycles. The lowest BCUT2D eigenvalue weighted by Crippen LogP contribution is -2.50. The van der Waals surface area contributed by atoms with E-state index in [4.69, 9.17) is 5.11 Å². The molecule has 0 spiro atoms. The molecule has 5 heteroatoms. The number of aliphatic imine (C=N–C) groups is 1. The Kier molecular flexibility index (Phi) is 2.79. The SMILES string of the molecule is C=CCC1=NCC[N+]1(O)CC(=O)O. The number of amidine groups is 1. The van der Waals surface area contributed by atoms with Gasteiger partial charge in [0.25, 0.3) is 0 Å². The van der Waals surface area contributed by atoms with Crippen LogP contribution in [0.1, 0.15) is 6.42 Å². The molecule has 13 heavy (non-hydrogen) atoms. The average molecular weight is 185 g/mol. The zero-order chi connectivity index (χ0) is 9.90. The Morgan fingerprint density at radius 2 is 2.46 bits per heavy atom. The van der Waals surface area contributed by atoms with Crippen molar-refractivity contribution in [2.45, 2.75) is 6.42 Å². The third-order valence-corrected chi connectivity index (χ3v) is 1.97. The van der Waals surface area contributed by atoms with Crippen molar-refractivity contribution in [3.8, 4) is 0 Å². The monoisotopic (exact) mass is 185 g/mol. The molecule has 0 aromatic carbocycles. The molecule has 0 fully saturated rings. The quantitative estimate of drug-likeness (QED) is 0.487. The van der Waals surface area contributed by atoms with Gasteiger partial charge in [0.2, 0.25) is 12.4 Å². The maximum Gasteiger partial charge on any atom is 0.362 e. The van der Waals surface area contributed by atoms with Gasteiger partial charge in [-0.05, 0) is 0 Å². The largest absolute Gasteiger partial charge is 0.477 e. The first kappa shape index (κ1) is 9.88. The van der Waals surface area contributed by atoms with Crippen molar-refractivity contribution >= 4 is 11.8 Å². The fourth-order valence-electron chi connectivity index (χ4n) is 1.36. The number of carboxylic acids is 1. The first-order valence-electron chi connectivity index (χ1n) is 4.05. The minimum atomic E-state index is -1.03. The van der Waals surface area contributed by atoms with Gasteiger partial charge in [-0.1, -0.05) is 6.08 Å². The van der Waals surface area contributed by atoms with Gasteiger partial charge in [-0.2, -0.15) is 0 Å². The molecule has 72 valence electrons. The summed E-state index contributed by atoms with van der Waals surface area (Å²) in [5.74, 6) is -0.543. The number of rotatable bonds is 4. The average Bonchev–Trinajstić information content (AvgIpc) is 2.32. The van der Waals surface area contributed by atoms with Crippen LogP contribution in [0.2, 0.25) is 0 Å². The molecular weight excluding hydrogens is 172 g/mol. The summed E-state index contributed by atoms with van der Waals surface area (Å²) in [6, 6.07) is 0. The fraction of sp³-hybridized carbons (Fsp3) is 0.500. The van der Waals surface area contributed by atoms with E-state index in [1.807, 2.05) is 0 Å². The van der Waals surface area contributed by atoms with Crippen molar-refractivity contribution in [3.05, 3.63) is 12.7 Å². The number of carboxylic acid groups (broad SMARTS) is 1. The van der Waals surface area contributed by atoms with Gasteiger partial charge in [0.1, 0.15) is 6.54 Å². The first-order chi connectivity index (χ1) is 6.08. The van der Waals surface area contributed by atoms with E-state index in [2.05, 4.69) is 11.6 Å². The number of hydrogen-bond donors (Lipinski definition) is 2. The summed E-state index contributed by atoms with van der Waals surface area (Å²) in [5, 5.41) is 18.4. The van der Waals surface area contributed by atoms with Crippen LogP contribution in [0.25, 0.3) is 0 Å². The zero-order valence-corrected chi connectivity index (χ0v) is 7.31. The van der Waals surface area contributed by atoms with Crippen LogP contribution in [0.3, 0.4) is 0 Å². The summed E-state index contributed by atoms with van der Waals surface area (Å²) in [5.41, 5.74) is 0. The van der Waals surface area contributed by atoms with Gasteiger partial charge in [-0.25, -0.2) is 15.0 Å². The van der Waals surface area contributed by atoms with Gasteiger partial charge in [0.15, 0.2) is 0 Å². The molecule has 0 aromatic heterocycles. The Morgan fingerprint density at radius 1 is 1.77 bits per heavy atom. The van der Waals surface area contributed by atoms with Crippen LogP contribution < -0.4 is 0 Å². The van der Waals surface area contributed by atoms with Crippen molar-refractivity contribution in [1.29, 1.82) is 0 Å². The summed E-state index contributed by atoms with van der Waals surface area (Å²) < 4.78 is -0.568. The predicted octanol–water partition coefficient (Wildman–Crippen LogP) is 0.265. The Bertz CT molecular complexity index is 262. The zero-order valence-electron chi connectivity index (χ0n) is 7.31. The number of nitrogens with zero attached hydrogens (tertiary/aromatic N) is 2. The molecule has 2 N–H and O–H groups in total. The van der Waals surface area contributed by atoms with Crippen LogP contribution in [-0.2, 0) is 4.79 Å². The highest BCUT2D eigenvalue weighted by atomic mass is 16.6. The molecule has 0 radical (unpaired) electrons. The highest BCUT2D eigenvalue weighted by Gasteiger charge is 2.38. The molecule has 1 heterocycles. The maximum atomic E-state index is 10.5. The standard InChI is InChI=1S/C8H12N2O3/c1-2-3-7-9-4-5-10(7,13)6-8(11)12/h2,13H,1,3-6H2/p+1. The van der Waals surface area contributed by atoms with Crippen LogP contribution in [-0.4, -0.2) is 46.4 Å². The minimum absolute atomic E-state index is 0.327. The second-order valence-electron chi connectivity index (χ2n) is 2.99. The number of aliphatic carboxylic acids is 1. The normalized spacial score (nSPS) is 27.0. The molecule has 1 unspecified atom stereocenters. The summed E-state index contributed by atoms with van der Waals surface area (Å²) >= 11 is 0. The molecule has 0 bridgehead atoms. The van der Waals surface area contributed by atoms with Gasteiger partial charge >= 0.3 is 5.97 Å². The van der Waals surface area contributed by atoms with E-state index in [-0.39, 0.29) is 6.54 Å². The van der Waals surface area contributed by atoms with Crippen molar-refractivity contribution in [2.24, 2.45) is 4.99 Å². The van der Waals surface area contributed by atoms with Crippen molar-refractivity contribution in [3.63, 3.8) is 0 Å². The Balaban J connectivity index is 2.72. The lowest BCUT2D eigenvalue weighted by Gasteiger charge is -2.22. The van der Waals surface area contributed by atoms with Crippen LogP contribution in [0.4, 0.5) is 0 Å². The third-order valence-electron chi connectivity index (χ3n) is 1.97. The van der Waals surface area contributed by atoms with Gasteiger partial charge in [0, 0.05) is 0 Å². The van der Waals surface area contributed by atoms with Crippen LogP contribution >= 0.6 is 0 Å². The van der Waals surface area contributed by atoms with Gasteiger partial charge in [-0.15, -0.1) is 11.2 Å². The second-order valence-corrected chi connectivity index (χ2v) is 2.99. The number of quaternary nitrogens is 1. The highest BCUT2D eigenvalue weighted by molar-refractivity contribution is 5.80. The molecule has 1 rings (SSSR count). The second kappa shape index (κ2) is 3.68. The topological polar surface area (TPSA) is 69.9 Å². The number of hydrogen-bond acceptors (Lipinski definition) is 3. The molecule has 0 saturated heterocycles. The predicted molar refractivity (Wildman–Crippen MR) is 46.5 cm³/mol. The third kappa shape index (κ3) is 2.13. The van der Waals surface area contributed by atoms with E-state index >= 15 is 0 Å². The number of carbonyl (C=O) groups is 1. The summed E-state index contributed by atoms with van der Waals surface area (Å²) in [6.07, 6.45) is 2.04. The molecule has 1 atom stereocenters. The maximum absolute atomic E-state index is 10.5. The molecule has 1 aliphatic heterocycles. The highest BCUT2D eigenvalue weighted by Crippen LogP contribution is 2.13. The van der Waals surface area contributed by atoms with E-state index in [1.165, 1.54) is 0 Å². The van der Waals surface area contributed by atoms with Crippen LogP contribution in [0.5, 0.6) is 0 Å². The summed E-state index contributed by atoms with van der Waals surface area (Å²) in [6.45, 7) is 4.01. The van der Waals surface area contributed by atoms with E-state index in [1.54, 1.807) is 6.08 Å². The smallest absolute Gasteiger partial charge is 0.362 e. The Morgan fingerprint density at radius 3 is 3.00 bits per heavy atom. The van der Waals surface area contributed by atoms with E-state index < -0.39 is 10.6 Å². The van der Waals surface area contributed by atoms with Gasteiger partial charge < -0.3 is 5.11 Å². The van der Waals surface area contributed by atoms with Crippen molar-refractivity contribution in [1.82, 2.24) is 0 Å². The molecule has 0 amide bonds. The van der Waals surface area contributed by atoms with Gasteiger partial charge in [0.05, 0.1) is 13.0 Å². The molecule has 5 nitrogen and oxygen atoms in total. The van der Waals surface area contributed by atoms with E-state index in [0.29, 0.717) is 25.3 Å². The van der Waals surface area contributed by atoms with E-state index in [9.17, 15) is 10.0 Å². The lowest BCUT2D eigenvalue weighted by atomic mass is 10.3. The Labute approximate surface area is 76.2 Å². The summed E-state index contributed by atoms with van der Waals surface area (Å²) in [7, 11) is 0. The van der Waals surface area contributed by atoms with Crippen molar-refractivity contribution in [2.75, 3.05) is 19.6 Å². The van der Waals surface area contributed by atoms with Crippen LogP contribution in [0, 0.1) is 0 Å². The van der Waals surface area contributed by atoms with E-state index in [0.717, 1.165) is 0 Å². The van der Waals surface area contributed by atoms with Crippen molar-refractivity contribution < 1.29 is 19.8 Å². The lowest BCUT2D eigenvalue weighted by molar-refractivity contribution is -1.02. The Hall–Kier alpha value is -1.20. The van der Waals surface area contributed by atoms with Crippen LogP contribution in [0.15, 0.2) is 17.6 Å². The molecule has 0 aromatic rings. The molecule has 1 aliphatic rings. The molecular formula is C8H13N2O3+. The number of hydroxylamine groups is 3.